The third-order valence-corrected chi connectivity index (χ3v) is 4.15. The fourth-order valence-corrected chi connectivity index (χ4v) is 2.60. The van der Waals surface area contributed by atoms with E-state index in [0.717, 1.165) is 5.56 Å². The minimum atomic E-state index is -0.683. The van der Waals surface area contributed by atoms with E-state index in [0.29, 0.717) is 28.9 Å². The van der Waals surface area contributed by atoms with E-state index < -0.39 is 6.04 Å². The van der Waals surface area contributed by atoms with Gasteiger partial charge in [-0.2, -0.15) is 10.1 Å². The van der Waals surface area contributed by atoms with Crippen molar-refractivity contribution in [2.24, 2.45) is 0 Å². The van der Waals surface area contributed by atoms with E-state index in [1.54, 1.807) is 18.2 Å². The zero-order chi connectivity index (χ0) is 16.6. The second-order valence-corrected chi connectivity index (χ2v) is 5.73. The summed E-state index contributed by atoms with van der Waals surface area (Å²) in [5, 5.41) is 10.3. The Morgan fingerprint density at radius 1 is 1.48 bits per heavy atom. The molecule has 0 radical (unpaired) electrons. The molecule has 0 bridgehead atoms. The molecule has 120 valence electrons. The van der Waals surface area contributed by atoms with Gasteiger partial charge in [-0.1, -0.05) is 24.6 Å². The molecule has 2 aromatic rings. The number of aryl methyl sites for hydroxylation is 1. The van der Waals surface area contributed by atoms with Crippen molar-refractivity contribution in [3.05, 3.63) is 34.6 Å². The topological polar surface area (TPSA) is 88.9 Å². The molecule has 1 aromatic heterocycles. The number of fused-ring (bicyclic) bond motifs is 1. The van der Waals surface area contributed by atoms with E-state index in [-0.39, 0.29) is 18.2 Å². The summed E-state index contributed by atoms with van der Waals surface area (Å²) in [5.41, 5.74) is 1.42. The first-order valence-corrected chi connectivity index (χ1v) is 7.68. The third kappa shape index (κ3) is 2.92. The summed E-state index contributed by atoms with van der Waals surface area (Å²) in [7, 11) is 0. The number of amides is 2. The third-order valence-electron chi connectivity index (χ3n) is 3.74. The van der Waals surface area contributed by atoms with Gasteiger partial charge in [0.15, 0.2) is 5.82 Å². The number of hydrogen-bond donors (Lipinski definition) is 2. The molecule has 8 heteroatoms. The Morgan fingerprint density at radius 2 is 2.26 bits per heavy atom. The van der Waals surface area contributed by atoms with Crippen LogP contribution < -0.4 is 10.6 Å². The Kier molecular flexibility index (Phi) is 4.04. The van der Waals surface area contributed by atoms with E-state index in [1.807, 2.05) is 13.8 Å². The minimum Gasteiger partial charge on any atom is -0.326 e. The van der Waals surface area contributed by atoms with E-state index in [9.17, 15) is 9.59 Å². The van der Waals surface area contributed by atoms with Gasteiger partial charge in [-0.05, 0) is 24.6 Å². The van der Waals surface area contributed by atoms with Gasteiger partial charge in [0.25, 0.3) is 5.91 Å². The zero-order valence-electron chi connectivity index (χ0n) is 12.8. The summed E-state index contributed by atoms with van der Waals surface area (Å²) in [6, 6.07) is 4.60. The van der Waals surface area contributed by atoms with Gasteiger partial charge in [-0.3, -0.25) is 14.9 Å². The van der Waals surface area contributed by atoms with Crippen molar-refractivity contribution >= 4 is 35.1 Å². The Hall–Kier alpha value is -2.41. The molecule has 1 aromatic carbocycles. The molecular formula is C15H16ClN5O2. The average Bonchev–Trinajstić information content (AvgIpc) is 3.03. The summed E-state index contributed by atoms with van der Waals surface area (Å²) in [6.07, 6.45) is 0.647. The van der Waals surface area contributed by atoms with E-state index >= 15 is 0 Å². The van der Waals surface area contributed by atoms with Crippen molar-refractivity contribution in [3.8, 4) is 0 Å². The van der Waals surface area contributed by atoms with Gasteiger partial charge in [-0.15, -0.1) is 0 Å². The molecule has 2 amide bonds. The fraction of sp³-hybridized carbons (Fsp3) is 0.333. The molecule has 0 saturated heterocycles. The van der Waals surface area contributed by atoms with E-state index in [1.165, 1.54) is 4.68 Å². The fourth-order valence-electron chi connectivity index (χ4n) is 2.42. The molecule has 1 aliphatic heterocycles. The lowest BCUT2D eigenvalue weighted by atomic mass is 10.1. The van der Waals surface area contributed by atoms with Crippen LogP contribution in [0.15, 0.2) is 18.2 Å². The summed E-state index contributed by atoms with van der Waals surface area (Å²) in [5.74, 6) is 0.470. The Bertz CT molecular complexity index is 786. The van der Waals surface area contributed by atoms with Crippen molar-refractivity contribution in [3.63, 3.8) is 0 Å². The molecule has 2 N–H and O–H groups in total. The second-order valence-electron chi connectivity index (χ2n) is 5.32. The van der Waals surface area contributed by atoms with Gasteiger partial charge in [0.05, 0.1) is 6.42 Å². The molecule has 0 aliphatic carbocycles. The lowest BCUT2D eigenvalue weighted by molar-refractivity contribution is -0.123. The SMILES string of the molecule is CCc1nc2n(n1)C(CC(=O)Nc1cccc(Cl)c1C)C(=O)N2. The highest BCUT2D eigenvalue weighted by atomic mass is 35.5. The number of benzene rings is 1. The van der Waals surface area contributed by atoms with Crippen LogP contribution in [0.3, 0.4) is 0 Å². The average molecular weight is 334 g/mol. The molecule has 1 atom stereocenters. The highest BCUT2D eigenvalue weighted by Gasteiger charge is 2.34. The number of carbonyl (C=O) groups is 2. The predicted molar refractivity (Wildman–Crippen MR) is 86.5 cm³/mol. The van der Waals surface area contributed by atoms with Crippen molar-refractivity contribution in [1.29, 1.82) is 0 Å². The molecule has 1 aliphatic rings. The maximum Gasteiger partial charge on any atom is 0.252 e. The van der Waals surface area contributed by atoms with Crippen LogP contribution in [0.25, 0.3) is 0 Å². The van der Waals surface area contributed by atoms with E-state index in [2.05, 4.69) is 20.7 Å². The molecule has 23 heavy (non-hydrogen) atoms. The Labute approximate surface area is 138 Å². The van der Waals surface area contributed by atoms with Gasteiger partial charge in [0, 0.05) is 17.1 Å². The van der Waals surface area contributed by atoms with Crippen molar-refractivity contribution in [1.82, 2.24) is 14.8 Å². The second kappa shape index (κ2) is 6.00. The van der Waals surface area contributed by atoms with Crippen molar-refractivity contribution in [2.75, 3.05) is 10.6 Å². The zero-order valence-corrected chi connectivity index (χ0v) is 13.5. The lowest BCUT2D eigenvalue weighted by Gasteiger charge is -2.12. The molecule has 0 spiro atoms. The van der Waals surface area contributed by atoms with E-state index in [4.69, 9.17) is 11.6 Å². The number of rotatable bonds is 4. The molecule has 3 rings (SSSR count). The van der Waals surface area contributed by atoms with Crippen molar-refractivity contribution in [2.45, 2.75) is 32.7 Å². The summed E-state index contributed by atoms with van der Waals surface area (Å²) in [4.78, 5) is 28.5. The van der Waals surface area contributed by atoms with Gasteiger partial charge < -0.3 is 5.32 Å². The quantitative estimate of drug-likeness (QED) is 0.898. The number of hydrogen-bond acceptors (Lipinski definition) is 4. The monoisotopic (exact) mass is 333 g/mol. The van der Waals surface area contributed by atoms with Crippen LogP contribution in [0, 0.1) is 6.92 Å². The maximum atomic E-state index is 12.3. The van der Waals surface area contributed by atoms with Gasteiger partial charge in [-0.25, -0.2) is 4.68 Å². The summed E-state index contributed by atoms with van der Waals surface area (Å²) >= 11 is 6.04. The minimum absolute atomic E-state index is 0.0166. The first-order valence-electron chi connectivity index (χ1n) is 7.31. The number of carbonyl (C=O) groups excluding carboxylic acids is 2. The number of nitrogens with zero attached hydrogens (tertiary/aromatic N) is 3. The predicted octanol–water partition coefficient (Wildman–Crippen LogP) is 2.32. The molecule has 2 heterocycles. The summed E-state index contributed by atoms with van der Waals surface area (Å²) in [6.45, 7) is 3.75. The van der Waals surface area contributed by atoms with Crippen molar-refractivity contribution < 1.29 is 9.59 Å². The van der Waals surface area contributed by atoms with Crippen LogP contribution in [-0.4, -0.2) is 26.6 Å². The first kappa shape index (κ1) is 15.5. The molecule has 7 nitrogen and oxygen atoms in total. The normalized spacial score (nSPS) is 16.1. The largest absolute Gasteiger partial charge is 0.326 e. The first-order chi connectivity index (χ1) is 11.0. The Balaban J connectivity index is 1.74. The molecule has 0 saturated carbocycles. The van der Waals surface area contributed by atoms with Gasteiger partial charge in [0.2, 0.25) is 11.9 Å². The Morgan fingerprint density at radius 3 is 3.00 bits per heavy atom. The van der Waals surface area contributed by atoms with Crippen LogP contribution in [0.4, 0.5) is 11.6 Å². The summed E-state index contributed by atoms with van der Waals surface area (Å²) < 4.78 is 1.48. The van der Waals surface area contributed by atoms with Crippen LogP contribution in [0.2, 0.25) is 5.02 Å². The van der Waals surface area contributed by atoms with Crippen LogP contribution in [0.5, 0.6) is 0 Å². The van der Waals surface area contributed by atoms with Crippen LogP contribution in [-0.2, 0) is 16.0 Å². The highest BCUT2D eigenvalue weighted by Crippen LogP contribution is 2.27. The standard InChI is InChI=1S/C15H16ClN5O2/c1-3-12-18-15-19-14(23)11(21(15)20-12)7-13(22)17-10-6-4-5-9(16)8(10)2/h4-6,11H,3,7H2,1-2H3,(H,17,22)(H,18,19,20,23). The maximum absolute atomic E-state index is 12.3. The lowest BCUT2D eigenvalue weighted by Crippen LogP contribution is -2.24. The van der Waals surface area contributed by atoms with Crippen LogP contribution >= 0.6 is 11.6 Å². The van der Waals surface area contributed by atoms with Gasteiger partial charge >= 0.3 is 0 Å². The van der Waals surface area contributed by atoms with Crippen LogP contribution in [0.1, 0.15) is 30.8 Å². The van der Waals surface area contributed by atoms with Gasteiger partial charge in [0.1, 0.15) is 6.04 Å². The smallest absolute Gasteiger partial charge is 0.252 e. The molecule has 1 unspecified atom stereocenters. The molecule has 0 fully saturated rings. The number of anilines is 2. The number of aromatic nitrogens is 3. The molecular weight excluding hydrogens is 318 g/mol. The number of halogens is 1. The number of nitrogens with one attached hydrogen (secondary N) is 2. The highest BCUT2D eigenvalue weighted by molar-refractivity contribution is 6.31.